The first-order valence-corrected chi connectivity index (χ1v) is 3.57. The Kier molecular flexibility index (Phi) is 2.52. The molecule has 1 rings (SSSR count). The lowest BCUT2D eigenvalue weighted by atomic mass is 10.0. The molecule has 0 saturated carbocycles. The van der Waals surface area contributed by atoms with Crippen LogP contribution in [0.15, 0.2) is 12.1 Å². The highest BCUT2D eigenvalue weighted by Gasteiger charge is 1.98. The average Bonchev–Trinajstić information content (AvgIpc) is 2.04. The van der Waals surface area contributed by atoms with Gasteiger partial charge < -0.3 is 4.74 Å². The third-order valence-electron chi connectivity index (χ3n) is 1.53. The predicted octanol–water partition coefficient (Wildman–Crippen LogP) is 0.446. The maximum atomic E-state index is 5.57. The van der Waals surface area contributed by atoms with Gasteiger partial charge in [-0.05, 0) is 18.6 Å². The summed E-state index contributed by atoms with van der Waals surface area (Å²) in [4.78, 5) is 4.12. The minimum absolute atomic E-state index is 0.465. The van der Waals surface area contributed by atoms with Crippen molar-refractivity contribution < 1.29 is 4.74 Å². The summed E-state index contributed by atoms with van der Waals surface area (Å²) in [6, 6.07) is 3.75. The molecule has 0 spiro atoms. The summed E-state index contributed by atoms with van der Waals surface area (Å²) in [5, 5.41) is 0. The maximum absolute atomic E-state index is 5.57. The van der Waals surface area contributed by atoms with E-state index in [1.807, 2.05) is 19.1 Å². The Balaban J connectivity index is 2.99. The zero-order valence-electron chi connectivity index (χ0n) is 6.79. The highest BCUT2D eigenvalue weighted by Crippen LogP contribution is 2.04. The Labute approximate surface area is 68.0 Å². The molecule has 0 fully saturated rings. The van der Waals surface area contributed by atoms with E-state index in [2.05, 4.69) is 4.98 Å². The summed E-state index contributed by atoms with van der Waals surface area (Å²) in [7, 11) is 7.15. The second-order valence-electron chi connectivity index (χ2n) is 2.24. The fourth-order valence-corrected chi connectivity index (χ4v) is 0.874. The van der Waals surface area contributed by atoms with Crippen LogP contribution < -0.4 is 10.3 Å². The maximum Gasteiger partial charge on any atom is 0.147 e. The molecule has 0 unspecified atom stereocenters. The first-order valence-electron chi connectivity index (χ1n) is 3.57. The average molecular weight is 147 g/mol. The fraction of sp³-hybridized carbons (Fsp3) is 0.375. The summed E-state index contributed by atoms with van der Waals surface area (Å²) in [5.74, 6) is 0.641. The van der Waals surface area contributed by atoms with Crippen LogP contribution in [0.4, 0.5) is 0 Å². The molecule has 0 aliphatic heterocycles. The van der Waals surface area contributed by atoms with Crippen molar-refractivity contribution in [2.24, 2.45) is 0 Å². The number of pyridine rings is 1. The Morgan fingerprint density at radius 1 is 1.55 bits per heavy atom. The number of hydrogen-bond donors (Lipinski definition) is 0. The van der Waals surface area contributed by atoms with E-state index in [9.17, 15) is 0 Å². The van der Waals surface area contributed by atoms with Gasteiger partial charge in [0.05, 0.1) is 7.11 Å². The molecule has 11 heavy (non-hydrogen) atoms. The van der Waals surface area contributed by atoms with Crippen molar-refractivity contribution in [2.45, 2.75) is 13.3 Å². The number of aryl methyl sites for hydroxylation is 1. The number of rotatable bonds is 2. The van der Waals surface area contributed by atoms with Crippen molar-refractivity contribution >= 4 is 13.4 Å². The van der Waals surface area contributed by atoms with Gasteiger partial charge in [0, 0.05) is 11.3 Å². The lowest BCUT2D eigenvalue weighted by Gasteiger charge is -2.04. The highest BCUT2D eigenvalue weighted by molar-refractivity contribution is 6.32. The topological polar surface area (TPSA) is 22.1 Å². The first-order chi connectivity index (χ1) is 5.27. The summed E-state index contributed by atoms with van der Waals surface area (Å²) >= 11 is 0. The lowest BCUT2D eigenvalue weighted by molar-refractivity contribution is 0.416. The second kappa shape index (κ2) is 3.42. The van der Waals surface area contributed by atoms with Crippen molar-refractivity contribution in [3.05, 3.63) is 17.8 Å². The number of methoxy groups -OCH3 is 1. The van der Waals surface area contributed by atoms with Crippen LogP contribution in [0.3, 0.4) is 0 Å². The van der Waals surface area contributed by atoms with E-state index in [-0.39, 0.29) is 0 Å². The molecule has 0 bridgehead atoms. The van der Waals surface area contributed by atoms with Gasteiger partial charge in [-0.25, -0.2) is 0 Å². The zero-order chi connectivity index (χ0) is 8.27. The Bertz CT molecular complexity index is 250. The van der Waals surface area contributed by atoms with Crippen LogP contribution in [0.2, 0.25) is 0 Å². The zero-order valence-corrected chi connectivity index (χ0v) is 6.79. The predicted molar refractivity (Wildman–Crippen MR) is 45.6 cm³/mol. The van der Waals surface area contributed by atoms with E-state index >= 15 is 0 Å². The molecule has 0 aliphatic carbocycles. The summed E-state index contributed by atoms with van der Waals surface area (Å²) in [6.07, 6.45) is 0.897. The number of aromatic nitrogens is 1. The van der Waals surface area contributed by atoms with Gasteiger partial charge >= 0.3 is 0 Å². The van der Waals surface area contributed by atoms with Crippen LogP contribution in [-0.4, -0.2) is 19.9 Å². The van der Waals surface area contributed by atoms with Crippen molar-refractivity contribution in [3.63, 3.8) is 0 Å². The van der Waals surface area contributed by atoms with Crippen LogP contribution in [0, 0.1) is 0 Å². The summed E-state index contributed by atoms with van der Waals surface area (Å²) in [6.45, 7) is 2.04. The van der Waals surface area contributed by atoms with Gasteiger partial charge in [0.2, 0.25) is 0 Å². The van der Waals surface area contributed by atoms with E-state index in [0.29, 0.717) is 11.3 Å². The molecule has 0 aliphatic rings. The molecule has 0 aromatic carbocycles. The van der Waals surface area contributed by atoms with E-state index in [1.54, 1.807) is 7.11 Å². The normalized spacial score (nSPS) is 9.64. The van der Waals surface area contributed by atoms with Gasteiger partial charge in [0.25, 0.3) is 0 Å². The largest absolute Gasteiger partial charge is 0.496 e. The third kappa shape index (κ3) is 1.73. The lowest BCUT2D eigenvalue weighted by Crippen LogP contribution is -2.13. The van der Waals surface area contributed by atoms with Gasteiger partial charge in [-0.1, -0.05) is 6.92 Å². The fourth-order valence-electron chi connectivity index (χ4n) is 0.874. The molecule has 0 atom stereocenters. The molecule has 1 heterocycles. The molecule has 2 radical (unpaired) electrons. The Morgan fingerprint density at radius 2 is 2.27 bits per heavy atom. The van der Waals surface area contributed by atoms with Crippen LogP contribution in [0.5, 0.6) is 5.75 Å². The van der Waals surface area contributed by atoms with Gasteiger partial charge in [-0.15, -0.1) is 0 Å². The van der Waals surface area contributed by atoms with Crippen molar-refractivity contribution in [3.8, 4) is 5.75 Å². The number of ether oxygens (including phenoxy) is 1. The van der Waals surface area contributed by atoms with E-state index < -0.39 is 0 Å². The molecule has 56 valence electrons. The number of hydrogen-bond acceptors (Lipinski definition) is 2. The quantitative estimate of drug-likeness (QED) is 0.566. The molecular formula is C8H10BNO. The molecule has 1 aromatic rings. The molecule has 0 N–H and O–H groups in total. The molecule has 3 heteroatoms. The van der Waals surface area contributed by atoms with E-state index in [4.69, 9.17) is 12.6 Å². The summed E-state index contributed by atoms with van der Waals surface area (Å²) in [5.41, 5.74) is 1.45. The van der Waals surface area contributed by atoms with Crippen molar-refractivity contribution in [1.29, 1.82) is 0 Å². The van der Waals surface area contributed by atoms with Gasteiger partial charge in [-0.2, -0.15) is 0 Å². The standard InChI is InChI=1S/C8H10BNO/c1-3-6-4-5-7(11-2)8(9)10-6/h4-5H,3H2,1-2H3. The highest BCUT2D eigenvalue weighted by atomic mass is 16.5. The van der Waals surface area contributed by atoms with Gasteiger partial charge in [0.15, 0.2) is 0 Å². The minimum atomic E-state index is 0.465. The SMILES string of the molecule is [B]c1nc(CC)ccc1OC. The molecule has 0 amide bonds. The van der Waals surface area contributed by atoms with Crippen LogP contribution >= 0.6 is 0 Å². The molecule has 1 aromatic heterocycles. The van der Waals surface area contributed by atoms with Gasteiger partial charge in [-0.3, -0.25) is 4.98 Å². The third-order valence-corrected chi connectivity index (χ3v) is 1.53. The monoisotopic (exact) mass is 147 g/mol. The van der Waals surface area contributed by atoms with Crippen LogP contribution in [-0.2, 0) is 6.42 Å². The van der Waals surface area contributed by atoms with E-state index in [0.717, 1.165) is 12.1 Å². The first kappa shape index (κ1) is 8.11. The van der Waals surface area contributed by atoms with E-state index in [1.165, 1.54) is 0 Å². The number of nitrogens with zero attached hydrogens (tertiary/aromatic N) is 1. The molecule has 2 nitrogen and oxygen atoms in total. The van der Waals surface area contributed by atoms with Crippen molar-refractivity contribution in [1.82, 2.24) is 4.98 Å². The Morgan fingerprint density at radius 3 is 2.73 bits per heavy atom. The van der Waals surface area contributed by atoms with Crippen molar-refractivity contribution in [2.75, 3.05) is 7.11 Å². The minimum Gasteiger partial charge on any atom is -0.496 e. The Hall–Kier alpha value is -0.985. The smallest absolute Gasteiger partial charge is 0.147 e. The molecular weight excluding hydrogens is 137 g/mol. The van der Waals surface area contributed by atoms with Crippen LogP contribution in [0.25, 0.3) is 0 Å². The molecule has 0 saturated heterocycles. The second-order valence-corrected chi connectivity index (χ2v) is 2.24. The van der Waals surface area contributed by atoms with Gasteiger partial charge in [0.1, 0.15) is 13.6 Å². The van der Waals surface area contributed by atoms with Crippen LogP contribution in [0.1, 0.15) is 12.6 Å². The summed E-state index contributed by atoms with van der Waals surface area (Å²) < 4.78 is 4.96.